The molecule has 3 N–H and O–H groups in total. The van der Waals surface area contributed by atoms with E-state index in [-0.39, 0.29) is 5.91 Å². The molecule has 2 fully saturated rings. The fourth-order valence-corrected chi connectivity index (χ4v) is 2.78. The molecule has 3 unspecified atom stereocenters. The predicted octanol–water partition coefficient (Wildman–Crippen LogP) is 0.473. The topological polar surface area (TPSA) is 90.5 Å². The van der Waals surface area contributed by atoms with E-state index in [0.717, 1.165) is 11.1 Å². The summed E-state index contributed by atoms with van der Waals surface area (Å²) >= 11 is 0. The van der Waals surface area contributed by atoms with Gasteiger partial charge in [-0.3, -0.25) is 10.1 Å². The highest BCUT2D eigenvalue weighted by molar-refractivity contribution is 6.00. The highest BCUT2D eigenvalue weighted by Gasteiger charge is 2.48. The number of hydrogen-bond acceptors (Lipinski definition) is 3. The highest BCUT2D eigenvalue weighted by Crippen LogP contribution is 2.31. The largest absolute Gasteiger partial charge is 0.330 e. The Balaban J connectivity index is 1.99. The summed E-state index contributed by atoms with van der Waals surface area (Å²) in [6.45, 7) is 1.97. The second-order valence-electron chi connectivity index (χ2n) is 5.38. The lowest BCUT2D eigenvalue weighted by Gasteiger charge is -2.45. The van der Waals surface area contributed by atoms with Crippen LogP contribution in [0.1, 0.15) is 17.2 Å². The predicted molar refractivity (Wildman–Crippen MR) is 74.2 cm³/mol. The second-order valence-corrected chi connectivity index (χ2v) is 5.38. The number of nitrogens with one attached hydrogen (secondary N) is 3. The standard InChI is InChI=1S/C14H16N4O3/c1-7-3-5-8(6-4-7)10-9-11(16-13(20)15-10)18(2)14(21)17-12(9)19/h3-6,9-11H,1-2H3,(H2,15,16,20)(H,17,19,21). The van der Waals surface area contributed by atoms with Crippen LogP contribution in [0.2, 0.25) is 0 Å². The Morgan fingerprint density at radius 3 is 2.38 bits per heavy atom. The molecule has 2 saturated heterocycles. The van der Waals surface area contributed by atoms with Crippen LogP contribution < -0.4 is 16.0 Å². The fourth-order valence-electron chi connectivity index (χ4n) is 2.78. The Morgan fingerprint density at radius 1 is 1.05 bits per heavy atom. The first-order chi connectivity index (χ1) is 9.97. The smallest absolute Gasteiger partial charge is 0.325 e. The number of carbonyl (C=O) groups is 3. The molecule has 2 aliphatic rings. The maximum atomic E-state index is 12.2. The van der Waals surface area contributed by atoms with E-state index in [9.17, 15) is 14.4 Å². The van der Waals surface area contributed by atoms with Crippen molar-refractivity contribution in [1.82, 2.24) is 20.9 Å². The third-order valence-corrected chi connectivity index (χ3v) is 3.97. The number of amides is 5. The summed E-state index contributed by atoms with van der Waals surface area (Å²) in [5, 5.41) is 7.71. The van der Waals surface area contributed by atoms with Crippen LogP contribution in [0, 0.1) is 12.8 Å². The maximum absolute atomic E-state index is 12.2. The lowest BCUT2D eigenvalue weighted by atomic mass is 9.86. The minimum atomic E-state index is -0.647. The van der Waals surface area contributed by atoms with Crippen molar-refractivity contribution in [3.05, 3.63) is 35.4 Å². The molecule has 1 aromatic rings. The number of aryl methyl sites for hydroxylation is 1. The van der Waals surface area contributed by atoms with Crippen LogP contribution in [0.25, 0.3) is 0 Å². The van der Waals surface area contributed by atoms with Crippen molar-refractivity contribution < 1.29 is 14.4 Å². The van der Waals surface area contributed by atoms with Crippen molar-refractivity contribution in [3.8, 4) is 0 Å². The number of imide groups is 1. The molecule has 1 aromatic carbocycles. The number of urea groups is 2. The summed E-state index contributed by atoms with van der Waals surface area (Å²) in [4.78, 5) is 37.0. The van der Waals surface area contributed by atoms with Gasteiger partial charge in [0.1, 0.15) is 12.1 Å². The maximum Gasteiger partial charge on any atom is 0.325 e. The number of nitrogens with zero attached hydrogens (tertiary/aromatic N) is 1. The number of hydrogen-bond donors (Lipinski definition) is 3. The van der Waals surface area contributed by atoms with Crippen LogP contribution in [0.4, 0.5) is 9.59 Å². The molecule has 2 aliphatic heterocycles. The zero-order chi connectivity index (χ0) is 15.1. The molecule has 0 aliphatic carbocycles. The average Bonchev–Trinajstić information content (AvgIpc) is 2.44. The molecule has 3 atom stereocenters. The van der Waals surface area contributed by atoms with E-state index in [1.165, 1.54) is 4.90 Å². The molecule has 5 amide bonds. The van der Waals surface area contributed by atoms with E-state index in [1.54, 1.807) is 7.05 Å². The molecular formula is C14H16N4O3. The highest BCUT2D eigenvalue weighted by atomic mass is 16.2. The summed E-state index contributed by atoms with van der Waals surface area (Å²) in [5.41, 5.74) is 1.93. The normalized spacial score (nSPS) is 28.4. The van der Waals surface area contributed by atoms with Crippen molar-refractivity contribution >= 4 is 18.0 Å². The van der Waals surface area contributed by atoms with Crippen LogP contribution in [0.15, 0.2) is 24.3 Å². The quantitative estimate of drug-likeness (QED) is 0.701. The van der Waals surface area contributed by atoms with Gasteiger partial charge in [-0.2, -0.15) is 0 Å². The summed E-state index contributed by atoms with van der Waals surface area (Å²) in [6.07, 6.45) is -0.647. The van der Waals surface area contributed by atoms with Gasteiger partial charge in [0, 0.05) is 7.05 Å². The van der Waals surface area contributed by atoms with E-state index in [1.807, 2.05) is 31.2 Å². The summed E-state index contributed by atoms with van der Waals surface area (Å²) in [5.74, 6) is -0.964. The number of rotatable bonds is 1. The molecule has 0 radical (unpaired) electrons. The Bertz CT molecular complexity index is 613. The Labute approximate surface area is 121 Å². The van der Waals surface area contributed by atoms with Crippen molar-refractivity contribution in [2.75, 3.05) is 7.05 Å². The van der Waals surface area contributed by atoms with Gasteiger partial charge in [0.05, 0.1) is 6.04 Å². The molecule has 0 saturated carbocycles. The first-order valence-corrected chi connectivity index (χ1v) is 6.68. The Hall–Kier alpha value is -2.57. The third-order valence-electron chi connectivity index (χ3n) is 3.97. The molecule has 110 valence electrons. The lowest BCUT2D eigenvalue weighted by Crippen LogP contribution is -2.71. The molecular weight excluding hydrogens is 272 g/mol. The van der Waals surface area contributed by atoms with Gasteiger partial charge in [0.15, 0.2) is 0 Å². The van der Waals surface area contributed by atoms with Gasteiger partial charge >= 0.3 is 12.1 Å². The zero-order valence-corrected chi connectivity index (χ0v) is 11.7. The van der Waals surface area contributed by atoms with Crippen LogP contribution in [0.5, 0.6) is 0 Å². The number of fused-ring (bicyclic) bond motifs is 1. The SMILES string of the molecule is Cc1ccc(C2NC(=O)NC3C2C(=O)NC(=O)N3C)cc1. The van der Waals surface area contributed by atoms with Gasteiger partial charge in [0.2, 0.25) is 5.91 Å². The Morgan fingerprint density at radius 2 is 1.71 bits per heavy atom. The Kier molecular flexibility index (Phi) is 3.04. The molecule has 7 nitrogen and oxygen atoms in total. The van der Waals surface area contributed by atoms with E-state index >= 15 is 0 Å². The first-order valence-electron chi connectivity index (χ1n) is 6.68. The first kappa shape index (κ1) is 13.4. The van der Waals surface area contributed by atoms with E-state index in [4.69, 9.17) is 0 Å². The molecule has 2 heterocycles. The molecule has 0 aromatic heterocycles. The van der Waals surface area contributed by atoms with Crippen LogP contribution in [-0.4, -0.2) is 36.1 Å². The van der Waals surface area contributed by atoms with E-state index < -0.39 is 30.2 Å². The summed E-state index contributed by atoms with van der Waals surface area (Å²) in [7, 11) is 1.55. The molecule has 3 rings (SSSR count). The molecule has 0 bridgehead atoms. The molecule has 21 heavy (non-hydrogen) atoms. The van der Waals surface area contributed by atoms with Crippen molar-refractivity contribution in [1.29, 1.82) is 0 Å². The summed E-state index contributed by atoms with van der Waals surface area (Å²) < 4.78 is 0. The third kappa shape index (κ3) is 2.20. The van der Waals surface area contributed by atoms with Crippen molar-refractivity contribution in [2.24, 2.45) is 5.92 Å². The minimum Gasteiger partial charge on any atom is -0.330 e. The lowest BCUT2D eigenvalue weighted by molar-refractivity contribution is -0.130. The fraction of sp³-hybridized carbons (Fsp3) is 0.357. The second kappa shape index (κ2) is 4.76. The number of carbonyl (C=O) groups excluding carboxylic acids is 3. The summed E-state index contributed by atoms with van der Waals surface area (Å²) in [6, 6.07) is 6.24. The monoisotopic (exact) mass is 288 g/mol. The van der Waals surface area contributed by atoms with Crippen molar-refractivity contribution in [3.63, 3.8) is 0 Å². The van der Waals surface area contributed by atoms with Crippen LogP contribution in [0.3, 0.4) is 0 Å². The van der Waals surface area contributed by atoms with E-state index in [0.29, 0.717) is 0 Å². The van der Waals surface area contributed by atoms with Crippen LogP contribution in [-0.2, 0) is 4.79 Å². The molecule has 7 heteroatoms. The molecule has 0 spiro atoms. The van der Waals surface area contributed by atoms with E-state index in [2.05, 4.69) is 16.0 Å². The number of benzene rings is 1. The average molecular weight is 288 g/mol. The van der Waals surface area contributed by atoms with Crippen LogP contribution >= 0.6 is 0 Å². The zero-order valence-electron chi connectivity index (χ0n) is 11.7. The van der Waals surface area contributed by atoms with Gasteiger partial charge < -0.3 is 15.5 Å². The van der Waals surface area contributed by atoms with Gasteiger partial charge in [0.25, 0.3) is 0 Å². The van der Waals surface area contributed by atoms with Gasteiger partial charge in [-0.05, 0) is 12.5 Å². The van der Waals surface area contributed by atoms with Gasteiger partial charge in [-0.15, -0.1) is 0 Å². The van der Waals surface area contributed by atoms with Crippen molar-refractivity contribution in [2.45, 2.75) is 19.1 Å². The van der Waals surface area contributed by atoms with Gasteiger partial charge in [-0.25, -0.2) is 9.59 Å². The minimum absolute atomic E-state index is 0.388. The van der Waals surface area contributed by atoms with Gasteiger partial charge in [-0.1, -0.05) is 29.8 Å².